The van der Waals surface area contributed by atoms with Gasteiger partial charge in [0, 0.05) is 55.1 Å². The van der Waals surface area contributed by atoms with Crippen molar-refractivity contribution in [3.05, 3.63) is 81.1 Å². The molecule has 1 amide bonds. The quantitative estimate of drug-likeness (QED) is 0.0384. The predicted molar refractivity (Wildman–Crippen MR) is 240 cm³/mol. The summed E-state index contributed by atoms with van der Waals surface area (Å²) >= 11 is 8.75. The molecule has 60 heavy (non-hydrogen) atoms. The van der Waals surface area contributed by atoms with E-state index in [1.165, 1.54) is 25.1 Å². The molecule has 9 N–H and O–H groups in total. The first-order valence-electron chi connectivity index (χ1n) is 18.9. The molecule has 322 valence electrons. The van der Waals surface area contributed by atoms with E-state index in [4.69, 9.17) is 12.2 Å². The third kappa shape index (κ3) is 8.58. The molecule has 15 nitrogen and oxygen atoms in total. The minimum absolute atomic E-state index is 0.218. The van der Waals surface area contributed by atoms with Crippen LogP contribution in [0, 0.1) is 31.3 Å². The second-order valence-electron chi connectivity index (χ2n) is 15.8. The third-order valence-electron chi connectivity index (χ3n) is 10.1. The fraction of sp³-hybridized carbons (Fsp3) is 0.400. The average molecular weight is 914 g/mol. The summed E-state index contributed by atoms with van der Waals surface area (Å²) < 4.78 is 46.7. The van der Waals surface area contributed by atoms with E-state index in [-0.39, 0.29) is 28.9 Å². The first-order chi connectivity index (χ1) is 28.0. The van der Waals surface area contributed by atoms with Crippen LogP contribution in [0.15, 0.2) is 34.8 Å². The van der Waals surface area contributed by atoms with Gasteiger partial charge in [-0.1, -0.05) is 12.2 Å². The molecule has 20 heteroatoms. The minimum Gasteiger partial charge on any atom is -0.388 e. The molecule has 0 aliphatic carbocycles. The summed E-state index contributed by atoms with van der Waals surface area (Å²) in [5, 5.41) is 35.6. The van der Waals surface area contributed by atoms with Crippen molar-refractivity contribution in [2.75, 3.05) is 53.0 Å². The van der Waals surface area contributed by atoms with Crippen LogP contribution in [0.25, 0.3) is 11.4 Å². The van der Waals surface area contributed by atoms with E-state index in [2.05, 4.69) is 74.1 Å². The SMILES string of the molecule is CC(=O)NN.CNc1c(Br)cc(F)c2c1-n1c(C)nnc1C(C)(C)N2.CNc1ccc(F)c2c1-n1c(C)nnc1C(C)(C)N2.CNc1ccc(F)c2c1CC(=S)C(C)(C)N2. The van der Waals surface area contributed by atoms with Gasteiger partial charge in [0.05, 0.1) is 56.4 Å². The van der Waals surface area contributed by atoms with E-state index >= 15 is 0 Å². The Balaban J connectivity index is 0.000000162. The van der Waals surface area contributed by atoms with Crippen LogP contribution >= 0.6 is 28.1 Å². The summed E-state index contributed by atoms with van der Waals surface area (Å²) in [5.41, 5.74) is 7.04. The zero-order valence-electron chi connectivity index (χ0n) is 35.7. The van der Waals surface area contributed by atoms with Crippen molar-refractivity contribution in [2.45, 2.75) is 85.4 Å². The molecule has 5 heterocycles. The zero-order valence-corrected chi connectivity index (χ0v) is 38.1. The number of anilines is 6. The smallest absolute Gasteiger partial charge is 0.230 e. The molecule has 2 aromatic heterocycles. The maximum atomic E-state index is 14.3. The lowest BCUT2D eigenvalue weighted by Gasteiger charge is -2.35. The lowest BCUT2D eigenvalue weighted by atomic mass is 9.88. The summed E-state index contributed by atoms with van der Waals surface area (Å²) in [7, 11) is 5.44. The van der Waals surface area contributed by atoms with Crippen molar-refractivity contribution in [2.24, 2.45) is 5.84 Å². The zero-order chi connectivity index (χ0) is 44.6. The number of nitrogens with two attached hydrogens (primary N) is 1. The van der Waals surface area contributed by atoms with E-state index in [9.17, 15) is 18.0 Å². The highest BCUT2D eigenvalue weighted by atomic mass is 79.9. The molecule has 3 aliphatic heterocycles. The molecule has 0 bridgehead atoms. The number of halogens is 4. The van der Waals surface area contributed by atoms with Crippen LogP contribution in [0.1, 0.15) is 77.3 Å². The largest absolute Gasteiger partial charge is 0.388 e. The number of benzene rings is 3. The highest BCUT2D eigenvalue weighted by Gasteiger charge is 2.39. The molecular formula is C40H52BrF3N14OS. The number of hydrazine groups is 1. The first-order valence-corrected chi connectivity index (χ1v) is 20.1. The maximum absolute atomic E-state index is 14.3. The van der Waals surface area contributed by atoms with E-state index in [1.807, 2.05) is 84.0 Å². The Morgan fingerprint density at radius 3 is 1.67 bits per heavy atom. The summed E-state index contributed by atoms with van der Waals surface area (Å²) in [5.74, 6) is 6.56. The number of amides is 1. The van der Waals surface area contributed by atoms with Crippen LogP contribution in [-0.2, 0) is 22.3 Å². The Morgan fingerprint density at radius 1 is 0.733 bits per heavy atom. The number of hydrogen-bond donors (Lipinski definition) is 8. The molecule has 0 spiro atoms. The molecule has 0 radical (unpaired) electrons. The Kier molecular flexibility index (Phi) is 13.1. The van der Waals surface area contributed by atoms with Gasteiger partial charge in [-0.15, -0.1) is 20.4 Å². The second-order valence-corrected chi connectivity index (χ2v) is 17.2. The number of aromatic nitrogens is 6. The van der Waals surface area contributed by atoms with Crippen molar-refractivity contribution < 1.29 is 18.0 Å². The van der Waals surface area contributed by atoms with Crippen LogP contribution < -0.4 is 43.2 Å². The summed E-state index contributed by atoms with van der Waals surface area (Å²) in [4.78, 5) is 10.5. The van der Waals surface area contributed by atoms with Crippen LogP contribution in [0.4, 0.5) is 47.3 Å². The molecule has 0 atom stereocenters. The number of aryl methyl sites for hydroxylation is 2. The Hall–Kier alpha value is -5.47. The highest BCUT2D eigenvalue weighted by molar-refractivity contribution is 9.10. The van der Waals surface area contributed by atoms with Gasteiger partial charge >= 0.3 is 0 Å². The fourth-order valence-electron chi connectivity index (χ4n) is 7.05. The fourth-order valence-corrected chi connectivity index (χ4v) is 7.83. The average Bonchev–Trinajstić information content (AvgIpc) is 3.78. The van der Waals surface area contributed by atoms with E-state index in [0.29, 0.717) is 33.6 Å². The number of rotatable bonds is 3. The summed E-state index contributed by atoms with van der Waals surface area (Å²) in [6, 6.07) is 7.85. The van der Waals surface area contributed by atoms with Gasteiger partial charge in [0.25, 0.3) is 0 Å². The molecule has 0 fully saturated rings. The standard InChI is InChI=1S/C13H15BrFN5.C13H16FN5.C12H15FN2S.C2H6N2O/c1-6-18-19-12-13(2,3)17-10-8(15)5-7(14)9(16-4)11(10)20(6)12;1-7-17-18-12-13(2,3)16-10-8(14)5-6-9(15-4)11(10)19(7)12;1-12(2)10(16)6-7-9(14-3)5-4-8(13)11(7)15-12;1-2(5)4-3/h5,16-17H,1-4H3;5-6,15-16H,1-4H3;4-5,14-15H,6H2,1-3H3;3H2,1H3,(H,4,5). The normalized spacial score (nSPS) is 15.2. The number of nitrogens with one attached hydrogen (secondary N) is 7. The van der Waals surface area contributed by atoms with Crippen LogP contribution in [-0.4, -0.2) is 67.0 Å². The number of hydrogen-bond acceptors (Lipinski definition) is 13. The van der Waals surface area contributed by atoms with E-state index in [0.717, 1.165) is 56.5 Å². The van der Waals surface area contributed by atoms with Gasteiger partial charge in [0.2, 0.25) is 5.91 Å². The van der Waals surface area contributed by atoms with Gasteiger partial charge in [0.1, 0.15) is 29.1 Å². The number of fused-ring (bicyclic) bond motifs is 7. The lowest BCUT2D eigenvalue weighted by Crippen LogP contribution is -2.44. The predicted octanol–water partition coefficient (Wildman–Crippen LogP) is 7.58. The van der Waals surface area contributed by atoms with E-state index in [1.54, 1.807) is 19.2 Å². The van der Waals surface area contributed by atoms with Gasteiger partial charge in [-0.25, -0.2) is 19.0 Å². The molecule has 0 unspecified atom stereocenters. The molecule has 0 saturated heterocycles. The van der Waals surface area contributed by atoms with Crippen molar-refractivity contribution in [3.8, 4) is 11.4 Å². The Labute approximate surface area is 361 Å². The number of carbonyl (C=O) groups excluding carboxylic acids is 1. The number of thiocarbonyl (C=S) groups is 1. The minimum atomic E-state index is -0.492. The molecule has 0 saturated carbocycles. The topological polar surface area (TPSA) is 189 Å². The summed E-state index contributed by atoms with van der Waals surface area (Å²) in [6.07, 6.45) is 0.638. The van der Waals surface area contributed by atoms with Crippen molar-refractivity contribution >= 4 is 73.0 Å². The number of nitrogens with zero attached hydrogens (tertiary/aromatic N) is 6. The number of carbonyl (C=O) groups is 1. The molecule has 5 aromatic rings. The van der Waals surface area contributed by atoms with Crippen molar-refractivity contribution in [3.63, 3.8) is 0 Å². The Morgan fingerprint density at radius 2 is 1.18 bits per heavy atom. The monoisotopic (exact) mass is 912 g/mol. The maximum Gasteiger partial charge on any atom is 0.230 e. The van der Waals surface area contributed by atoms with Gasteiger partial charge < -0.3 is 31.9 Å². The highest BCUT2D eigenvalue weighted by Crippen LogP contribution is 2.45. The van der Waals surface area contributed by atoms with Gasteiger partial charge in [-0.05, 0) is 102 Å². The molecule has 8 rings (SSSR count). The van der Waals surface area contributed by atoms with Gasteiger partial charge in [-0.3, -0.25) is 19.4 Å². The molecule has 3 aliphatic rings. The molecular weight excluding hydrogens is 862 g/mol. The van der Waals surface area contributed by atoms with Crippen LogP contribution in [0.5, 0.6) is 0 Å². The summed E-state index contributed by atoms with van der Waals surface area (Å²) in [6.45, 7) is 16.9. The van der Waals surface area contributed by atoms with Gasteiger partial charge in [0.15, 0.2) is 11.6 Å². The Bertz CT molecular complexity index is 2460. The van der Waals surface area contributed by atoms with Crippen molar-refractivity contribution in [1.82, 2.24) is 35.0 Å². The van der Waals surface area contributed by atoms with Crippen molar-refractivity contribution in [1.29, 1.82) is 0 Å². The van der Waals surface area contributed by atoms with E-state index < -0.39 is 11.1 Å². The third-order valence-corrected chi connectivity index (χ3v) is 11.4. The van der Waals surface area contributed by atoms with Gasteiger partial charge in [-0.2, -0.15) is 0 Å². The van der Waals surface area contributed by atoms with Crippen LogP contribution in [0.2, 0.25) is 0 Å². The second kappa shape index (κ2) is 17.3. The lowest BCUT2D eigenvalue weighted by molar-refractivity contribution is -0.119. The van der Waals surface area contributed by atoms with Crippen LogP contribution in [0.3, 0.4) is 0 Å². The first kappa shape index (κ1) is 45.6. The molecule has 3 aromatic carbocycles.